The summed E-state index contributed by atoms with van der Waals surface area (Å²) in [6.45, 7) is 21.0. The van der Waals surface area contributed by atoms with Crippen LogP contribution in [0.15, 0.2) is 72.7 Å². The minimum absolute atomic E-state index is 0. The van der Waals surface area contributed by atoms with Crippen LogP contribution in [-0.2, 0) is 51.9 Å². The summed E-state index contributed by atoms with van der Waals surface area (Å²) in [7, 11) is 0. The van der Waals surface area contributed by atoms with Crippen LogP contribution in [0.1, 0.15) is 93.4 Å². The normalized spacial score (nSPS) is 16.0. The van der Waals surface area contributed by atoms with Crippen molar-refractivity contribution in [3.8, 4) is 0 Å². The van der Waals surface area contributed by atoms with Gasteiger partial charge in [0.25, 0.3) is 0 Å². The van der Waals surface area contributed by atoms with E-state index in [0.29, 0.717) is 6.61 Å². The average molecular weight is 886 g/mol. The standard InChI is InChI=1S/C21H32N7O.C7H10O2.C6H5Cl.C6H12O2.C3H8.Y/c1-17(29)21(26-7-2-3-11-27-14-9-22-10-15-27)5-12-28(13-6-21)20-18-4-8-23-19(18)24-16-25-20;8-9-6-7-4-2-1-3-5-7;7-6-4-2-1-3-5-6;1-5(7)8-6(2,3)4;1-3-2;/h4,8,16,26H,2-3,5-7,9-15H2,1H3,(H,23,24,25);2,4-5,8H,1,3,6H2;1-5H;1-4H3;3H2,1-2H3;/q-1;;;;;. The van der Waals surface area contributed by atoms with Crippen molar-refractivity contribution >= 4 is 40.2 Å². The number of anilines is 1. The molecule has 3 aromatic rings. The van der Waals surface area contributed by atoms with Gasteiger partial charge in [-0.2, -0.15) is 0 Å². The Kier molecular flexibility index (Phi) is 27.3. The average Bonchev–Trinajstić information content (AvgIpc) is 3.66. The fraction of sp³-hybridized carbons (Fsp3) is 0.581. The molecule has 1 radical (unpaired) electrons. The number of piperidine rings is 1. The molecule has 2 fully saturated rings. The number of aromatic amines is 1. The molecule has 3 aliphatic rings. The molecule has 0 spiro atoms. The Hall–Kier alpha value is -2.55. The van der Waals surface area contributed by atoms with Gasteiger partial charge in [-0.1, -0.05) is 68.3 Å². The second-order valence-corrected chi connectivity index (χ2v) is 15.4. The van der Waals surface area contributed by atoms with Crippen LogP contribution in [0.3, 0.4) is 0 Å². The molecule has 0 amide bonds. The molecule has 57 heavy (non-hydrogen) atoms. The first-order valence-corrected chi connectivity index (χ1v) is 20.4. The van der Waals surface area contributed by atoms with Crippen molar-refractivity contribution in [2.45, 2.75) is 105 Å². The monoisotopic (exact) mass is 885 g/mol. The van der Waals surface area contributed by atoms with Gasteiger partial charge in [-0.3, -0.25) is 14.8 Å². The number of hydrogen-bond donors (Lipinski definition) is 3. The molecule has 3 N–H and O–H groups in total. The van der Waals surface area contributed by atoms with E-state index in [1.54, 1.807) is 13.3 Å². The van der Waals surface area contributed by atoms with E-state index in [2.05, 4.69) is 66.3 Å². The molecular weight excluding hydrogens is 819 g/mol. The van der Waals surface area contributed by atoms with Gasteiger partial charge in [0.05, 0.1) is 10.9 Å². The summed E-state index contributed by atoms with van der Waals surface area (Å²) in [6, 6.07) is 11.5. The Morgan fingerprint density at radius 3 is 2.18 bits per heavy atom. The molecule has 0 atom stereocenters. The molecule has 1 aromatic carbocycles. The maximum absolute atomic E-state index is 12.5. The van der Waals surface area contributed by atoms with E-state index in [0.717, 1.165) is 112 Å². The number of unbranched alkanes of at least 4 members (excludes halogenated alkanes) is 1. The number of nitrogens with one attached hydrogen (secondary N) is 2. The summed E-state index contributed by atoms with van der Waals surface area (Å²) in [5.74, 6) is 0.989. The third kappa shape index (κ3) is 21.9. The third-order valence-corrected chi connectivity index (χ3v) is 9.17. The number of allylic oxidation sites excluding steroid dienone is 2. The number of hydrogen-bond acceptors (Lipinski definition) is 10. The topological polar surface area (TPSA) is 147 Å². The summed E-state index contributed by atoms with van der Waals surface area (Å²) in [6.07, 6.45) is 16.9. The first kappa shape index (κ1) is 52.5. The first-order valence-electron chi connectivity index (χ1n) is 20.0. The number of piperazine rings is 1. The summed E-state index contributed by atoms with van der Waals surface area (Å²) in [4.78, 5) is 43.4. The zero-order valence-electron chi connectivity index (χ0n) is 35.4. The number of halogens is 1. The predicted octanol–water partition coefficient (Wildman–Crippen LogP) is 8.80. The van der Waals surface area contributed by atoms with Crippen molar-refractivity contribution in [1.82, 2.24) is 25.2 Å². The molecule has 2 saturated heterocycles. The Labute approximate surface area is 371 Å². The number of esters is 1. The van der Waals surface area contributed by atoms with Gasteiger partial charge in [-0.05, 0) is 116 Å². The van der Waals surface area contributed by atoms with Crippen LogP contribution in [0.2, 0.25) is 5.02 Å². The van der Waals surface area contributed by atoms with Crippen molar-refractivity contribution in [1.29, 1.82) is 0 Å². The maximum Gasteiger partial charge on any atom is 0.303 e. The van der Waals surface area contributed by atoms with Gasteiger partial charge < -0.3 is 30.2 Å². The number of carbonyl (C=O) groups excluding carboxylic acids is 2. The number of carbonyl (C=O) groups is 2. The number of fused-ring (bicyclic) bond motifs is 1. The molecular formula is C43H67ClN7O5Y-. The molecule has 0 saturated carbocycles. The van der Waals surface area contributed by atoms with Gasteiger partial charge in [0, 0.05) is 63.9 Å². The van der Waals surface area contributed by atoms with E-state index in [1.807, 2.05) is 69.4 Å². The van der Waals surface area contributed by atoms with Crippen molar-refractivity contribution in [2.75, 3.05) is 63.9 Å². The van der Waals surface area contributed by atoms with Crippen LogP contribution in [0, 0.1) is 0 Å². The molecule has 4 heterocycles. The minimum atomic E-state index is -0.398. The van der Waals surface area contributed by atoms with Gasteiger partial charge in [0.1, 0.15) is 35.8 Å². The molecule has 2 aromatic heterocycles. The van der Waals surface area contributed by atoms with Crippen molar-refractivity contribution in [2.24, 2.45) is 0 Å². The molecule has 0 unspecified atom stereocenters. The zero-order chi connectivity index (χ0) is 41.2. The maximum atomic E-state index is 12.5. The van der Waals surface area contributed by atoms with Crippen LogP contribution in [0.4, 0.5) is 5.82 Å². The fourth-order valence-electron chi connectivity index (χ4n) is 6.22. The van der Waals surface area contributed by atoms with E-state index in [9.17, 15) is 9.59 Å². The van der Waals surface area contributed by atoms with Gasteiger partial charge in [-0.25, -0.2) is 14.9 Å². The smallest absolute Gasteiger partial charge is 0.303 e. The number of H-pyrrole nitrogens is 1. The number of Topliss-reactive ketones (excluding diaryl/α,β-unsaturated/α-hetero) is 1. The molecule has 6 rings (SSSR count). The Morgan fingerprint density at radius 1 is 1.00 bits per heavy atom. The number of ketones is 1. The molecule has 1 aliphatic carbocycles. The molecule has 12 nitrogen and oxygen atoms in total. The van der Waals surface area contributed by atoms with Crippen LogP contribution in [0.25, 0.3) is 16.4 Å². The molecule has 315 valence electrons. The van der Waals surface area contributed by atoms with Crippen molar-refractivity contribution < 1.29 is 57.2 Å². The Balaban J connectivity index is 0.000000470. The largest absolute Gasteiger partial charge is 0.660 e. The summed E-state index contributed by atoms with van der Waals surface area (Å²) >= 11 is 5.54. The SMILES string of the molecule is CC(=O)C1(NCCCCN2CC[N-]CC2)CCN(c2ncnc3[nH]ccc23)CC1.CC(=O)OC(C)(C)C.CCC.Clc1ccccc1.OOCC1=CCCC=C1.[Y]. The Bertz CT molecular complexity index is 1590. The number of rotatable bonds is 10. The van der Waals surface area contributed by atoms with E-state index >= 15 is 0 Å². The predicted molar refractivity (Wildman–Crippen MR) is 229 cm³/mol. The van der Waals surface area contributed by atoms with Gasteiger partial charge in [-0.15, -0.1) is 13.1 Å². The van der Waals surface area contributed by atoms with E-state index in [4.69, 9.17) is 21.6 Å². The van der Waals surface area contributed by atoms with Crippen molar-refractivity contribution in [3.63, 3.8) is 0 Å². The van der Waals surface area contributed by atoms with E-state index in [1.165, 1.54) is 19.8 Å². The van der Waals surface area contributed by atoms with Crippen LogP contribution < -0.4 is 10.2 Å². The molecule has 0 bridgehead atoms. The summed E-state index contributed by atoms with van der Waals surface area (Å²) < 4.78 is 4.80. The second-order valence-electron chi connectivity index (χ2n) is 14.9. The fourth-order valence-corrected chi connectivity index (χ4v) is 6.36. The minimum Gasteiger partial charge on any atom is -0.660 e. The second kappa shape index (κ2) is 29.6. The van der Waals surface area contributed by atoms with Crippen molar-refractivity contribution in [3.05, 3.63) is 83.1 Å². The van der Waals surface area contributed by atoms with Crippen LogP contribution in [0.5, 0.6) is 0 Å². The third-order valence-electron chi connectivity index (χ3n) is 8.92. The number of aromatic nitrogens is 3. The molecule has 2 aliphatic heterocycles. The van der Waals surface area contributed by atoms with Crippen LogP contribution >= 0.6 is 11.6 Å². The van der Waals surface area contributed by atoms with Gasteiger partial charge in [0.2, 0.25) is 0 Å². The Morgan fingerprint density at radius 2 is 1.67 bits per heavy atom. The van der Waals surface area contributed by atoms with Gasteiger partial charge >= 0.3 is 5.97 Å². The van der Waals surface area contributed by atoms with E-state index in [-0.39, 0.29) is 50.1 Å². The number of nitrogens with zero attached hydrogens (tertiary/aromatic N) is 5. The first-order chi connectivity index (χ1) is 26.8. The number of benzene rings is 1. The zero-order valence-corrected chi connectivity index (χ0v) is 39.0. The number of ether oxygens (including phenoxy) is 1. The van der Waals surface area contributed by atoms with Crippen LogP contribution in [-0.4, -0.2) is 107 Å². The molecule has 14 heteroatoms. The quantitative estimate of drug-likeness (QED) is 0.0782. The summed E-state index contributed by atoms with van der Waals surface area (Å²) in [5, 5.41) is 17.9. The van der Waals surface area contributed by atoms with Gasteiger partial charge in [0.15, 0.2) is 0 Å². The summed E-state index contributed by atoms with van der Waals surface area (Å²) in [5.41, 5.74) is 1.19. The van der Waals surface area contributed by atoms with E-state index < -0.39 is 5.54 Å².